The Morgan fingerprint density at radius 2 is 2.00 bits per heavy atom. The molecule has 4 heteroatoms. The zero-order valence-corrected chi connectivity index (χ0v) is 11.6. The highest BCUT2D eigenvalue weighted by molar-refractivity contribution is 5.96. The number of aryl methyl sites for hydroxylation is 1. The topological polar surface area (TPSA) is 49.4 Å². The lowest BCUT2D eigenvalue weighted by atomic mass is 10.1. The Morgan fingerprint density at radius 1 is 1.32 bits per heavy atom. The van der Waals surface area contributed by atoms with Crippen molar-refractivity contribution in [3.05, 3.63) is 42.0 Å². The number of nitrogens with zero attached hydrogens (tertiary/aromatic N) is 1. The van der Waals surface area contributed by atoms with Gasteiger partial charge in [-0.15, -0.1) is 0 Å². The molecule has 0 saturated carbocycles. The molecule has 1 N–H and O–H groups in total. The first-order chi connectivity index (χ1) is 9.08. The first-order valence-corrected chi connectivity index (χ1v) is 6.34. The molecule has 0 radical (unpaired) electrons. The molecule has 0 saturated heterocycles. The Labute approximate surface area is 114 Å². The number of hydrogen-bond donors (Lipinski definition) is 1. The van der Waals surface area contributed by atoms with Crippen molar-refractivity contribution >= 4 is 17.5 Å². The lowest BCUT2D eigenvalue weighted by molar-refractivity contribution is -0.129. The molecule has 0 atom stereocenters. The number of allylic oxidation sites excluding steroid dienone is 1. The van der Waals surface area contributed by atoms with E-state index in [-0.39, 0.29) is 18.4 Å². The van der Waals surface area contributed by atoms with Crippen LogP contribution in [0.25, 0.3) is 0 Å². The standard InChI is InChI=1S/C15H20N2O2/c1-4-8-15(19)17(3)11-14(18)16-13-10-7-6-9-12(13)5-2/h4,6-10H,5,11H2,1-3H3,(H,16,18)/b8-4-. The summed E-state index contributed by atoms with van der Waals surface area (Å²) in [5, 5.41) is 2.83. The first-order valence-electron chi connectivity index (χ1n) is 6.34. The minimum Gasteiger partial charge on any atom is -0.333 e. The van der Waals surface area contributed by atoms with E-state index in [1.165, 1.54) is 11.0 Å². The Kier molecular flexibility index (Phi) is 5.79. The summed E-state index contributed by atoms with van der Waals surface area (Å²) < 4.78 is 0. The second-order valence-electron chi connectivity index (χ2n) is 4.25. The van der Waals surface area contributed by atoms with E-state index in [9.17, 15) is 9.59 Å². The number of rotatable bonds is 5. The average molecular weight is 260 g/mol. The van der Waals surface area contributed by atoms with Gasteiger partial charge in [0.05, 0.1) is 6.54 Å². The van der Waals surface area contributed by atoms with Gasteiger partial charge in [-0.05, 0) is 31.1 Å². The molecule has 1 aromatic carbocycles. The SMILES string of the molecule is C/C=C\C(=O)N(C)CC(=O)Nc1ccccc1CC. The summed E-state index contributed by atoms with van der Waals surface area (Å²) in [6.45, 7) is 3.84. The summed E-state index contributed by atoms with van der Waals surface area (Å²) in [6.07, 6.45) is 3.94. The molecule has 0 heterocycles. The van der Waals surface area contributed by atoms with Gasteiger partial charge in [0, 0.05) is 12.7 Å². The highest BCUT2D eigenvalue weighted by atomic mass is 16.2. The maximum Gasteiger partial charge on any atom is 0.246 e. The predicted octanol–water partition coefficient (Wildman–Crippen LogP) is 2.22. The van der Waals surface area contributed by atoms with Crippen LogP contribution in [0.1, 0.15) is 19.4 Å². The zero-order valence-electron chi connectivity index (χ0n) is 11.6. The van der Waals surface area contributed by atoms with Crippen LogP contribution in [0.3, 0.4) is 0 Å². The number of carbonyl (C=O) groups excluding carboxylic acids is 2. The second kappa shape index (κ2) is 7.36. The van der Waals surface area contributed by atoms with Gasteiger partial charge in [0.25, 0.3) is 0 Å². The van der Waals surface area contributed by atoms with Crippen LogP contribution >= 0.6 is 0 Å². The number of hydrogen-bond acceptors (Lipinski definition) is 2. The van der Waals surface area contributed by atoms with Crippen molar-refractivity contribution in [2.45, 2.75) is 20.3 Å². The quantitative estimate of drug-likeness (QED) is 0.825. The van der Waals surface area contributed by atoms with Crippen LogP contribution in [-0.4, -0.2) is 30.3 Å². The molecule has 2 amide bonds. The van der Waals surface area contributed by atoms with Gasteiger partial charge in [-0.3, -0.25) is 9.59 Å². The molecule has 19 heavy (non-hydrogen) atoms. The minimum atomic E-state index is -0.193. The number of anilines is 1. The molecular formula is C15H20N2O2. The third-order valence-electron chi connectivity index (χ3n) is 2.74. The Balaban J connectivity index is 2.63. The van der Waals surface area contributed by atoms with E-state index in [0.717, 1.165) is 17.7 Å². The summed E-state index contributed by atoms with van der Waals surface area (Å²) in [5.74, 6) is -0.373. The lowest BCUT2D eigenvalue weighted by Crippen LogP contribution is -2.34. The fraction of sp³-hybridized carbons (Fsp3) is 0.333. The van der Waals surface area contributed by atoms with Gasteiger partial charge in [-0.1, -0.05) is 31.2 Å². The lowest BCUT2D eigenvalue weighted by Gasteiger charge is -2.15. The molecule has 0 aliphatic heterocycles. The van der Waals surface area contributed by atoms with E-state index in [4.69, 9.17) is 0 Å². The minimum absolute atomic E-state index is 0.0429. The van der Waals surface area contributed by atoms with Gasteiger partial charge in [0.15, 0.2) is 0 Å². The molecule has 0 fully saturated rings. The van der Waals surface area contributed by atoms with Crippen molar-refractivity contribution in [3.8, 4) is 0 Å². The Morgan fingerprint density at radius 3 is 2.63 bits per heavy atom. The van der Waals surface area contributed by atoms with Crippen molar-refractivity contribution in [1.29, 1.82) is 0 Å². The largest absolute Gasteiger partial charge is 0.333 e. The molecule has 4 nitrogen and oxygen atoms in total. The first kappa shape index (κ1) is 15.0. The Hall–Kier alpha value is -2.10. The molecule has 0 aromatic heterocycles. The van der Waals surface area contributed by atoms with Gasteiger partial charge in [-0.25, -0.2) is 0 Å². The summed E-state index contributed by atoms with van der Waals surface area (Å²) >= 11 is 0. The van der Waals surface area contributed by atoms with Gasteiger partial charge in [0.2, 0.25) is 11.8 Å². The molecule has 1 rings (SSSR count). The number of benzene rings is 1. The zero-order chi connectivity index (χ0) is 14.3. The van der Waals surface area contributed by atoms with Crippen LogP contribution in [0.4, 0.5) is 5.69 Å². The normalized spacial score (nSPS) is 10.5. The number of para-hydroxylation sites is 1. The molecule has 0 aliphatic carbocycles. The number of carbonyl (C=O) groups is 2. The third kappa shape index (κ3) is 4.58. The molecule has 0 unspecified atom stereocenters. The van der Waals surface area contributed by atoms with Gasteiger partial charge >= 0.3 is 0 Å². The molecule has 1 aromatic rings. The Bertz CT molecular complexity index is 481. The van der Waals surface area contributed by atoms with Crippen molar-refractivity contribution in [3.63, 3.8) is 0 Å². The van der Waals surface area contributed by atoms with E-state index >= 15 is 0 Å². The van der Waals surface area contributed by atoms with Gasteiger partial charge in [0.1, 0.15) is 0 Å². The maximum absolute atomic E-state index is 11.9. The summed E-state index contributed by atoms with van der Waals surface area (Å²) in [6, 6.07) is 7.66. The number of likely N-dealkylation sites (N-methyl/N-ethyl adjacent to an activating group) is 1. The summed E-state index contributed by atoms with van der Waals surface area (Å²) in [4.78, 5) is 24.8. The van der Waals surface area contributed by atoms with Crippen LogP contribution in [0, 0.1) is 0 Å². The molecule has 0 spiro atoms. The van der Waals surface area contributed by atoms with E-state index < -0.39 is 0 Å². The predicted molar refractivity (Wildman–Crippen MR) is 76.9 cm³/mol. The molecule has 102 valence electrons. The fourth-order valence-corrected chi connectivity index (χ4v) is 1.70. The van der Waals surface area contributed by atoms with E-state index in [1.54, 1.807) is 20.0 Å². The van der Waals surface area contributed by atoms with E-state index in [0.29, 0.717) is 0 Å². The van der Waals surface area contributed by atoms with Crippen molar-refractivity contribution < 1.29 is 9.59 Å². The van der Waals surface area contributed by atoms with Gasteiger partial charge in [-0.2, -0.15) is 0 Å². The number of nitrogens with one attached hydrogen (secondary N) is 1. The monoisotopic (exact) mass is 260 g/mol. The van der Waals surface area contributed by atoms with E-state index in [2.05, 4.69) is 5.32 Å². The average Bonchev–Trinajstić information content (AvgIpc) is 2.39. The highest BCUT2D eigenvalue weighted by Gasteiger charge is 2.11. The van der Waals surface area contributed by atoms with E-state index in [1.807, 2.05) is 31.2 Å². The van der Waals surface area contributed by atoms with Crippen LogP contribution in [0.5, 0.6) is 0 Å². The third-order valence-corrected chi connectivity index (χ3v) is 2.74. The van der Waals surface area contributed by atoms with Gasteiger partial charge < -0.3 is 10.2 Å². The van der Waals surface area contributed by atoms with Crippen LogP contribution < -0.4 is 5.32 Å². The van der Waals surface area contributed by atoms with Crippen LogP contribution in [-0.2, 0) is 16.0 Å². The van der Waals surface area contributed by atoms with Crippen molar-refractivity contribution in [2.75, 3.05) is 18.9 Å². The van der Waals surface area contributed by atoms with Crippen molar-refractivity contribution in [1.82, 2.24) is 4.90 Å². The molecule has 0 bridgehead atoms. The second-order valence-corrected chi connectivity index (χ2v) is 4.25. The molecule has 0 aliphatic rings. The fourth-order valence-electron chi connectivity index (χ4n) is 1.70. The van der Waals surface area contributed by atoms with Crippen LogP contribution in [0.2, 0.25) is 0 Å². The maximum atomic E-state index is 11.9. The highest BCUT2D eigenvalue weighted by Crippen LogP contribution is 2.15. The van der Waals surface area contributed by atoms with Crippen molar-refractivity contribution in [2.24, 2.45) is 0 Å². The van der Waals surface area contributed by atoms with Crippen LogP contribution in [0.15, 0.2) is 36.4 Å². The molecular weight excluding hydrogens is 240 g/mol. The smallest absolute Gasteiger partial charge is 0.246 e. The number of amides is 2. The summed E-state index contributed by atoms with van der Waals surface area (Å²) in [5.41, 5.74) is 1.89. The summed E-state index contributed by atoms with van der Waals surface area (Å²) in [7, 11) is 1.60.